The highest BCUT2D eigenvalue weighted by molar-refractivity contribution is 7.98. The lowest BCUT2D eigenvalue weighted by Crippen LogP contribution is -2.31. The van der Waals surface area contributed by atoms with Crippen LogP contribution in [0, 0.1) is 5.92 Å². The summed E-state index contributed by atoms with van der Waals surface area (Å²) in [5.41, 5.74) is 0. The molecular weight excluding hydrogens is 194 g/mol. The van der Waals surface area contributed by atoms with Crippen molar-refractivity contribution < 1.29 is 4.79 Å². The van der Waals surface area contributed by atoms with Gasteiger partial charge in [0.2, 0.25) is 5.91 Å². The van der Waals surface area contributed by atoms with E-state index in [-0.39, 0.29) is 0 Å². The van der Waals surface area contributed by atoms with E-state index >= 15 is 0 Å². The summed E-state index contributed by atoms with van der Waals surface area (Å²) < 4.78 is 0. The predicted octanol–water partition coefficient (Wildman–Crippen LogP) is 2.39. The number of hydrogen-bond acceptors (Lipinski definition) is 2. The smallest absolute Gasteiger partial charge is 0.222 e. The second-order valence-corrected chi connectivity index (χ2v) is 5.15. The summed E-state index contributed by atoms with van der Waals surface area (Å²) in [6.07, 6.45) is 6.29. The van der Waals surface area contributed by atoms with E-state index in [0.717, 1.165) is 38.3 Å². The molecule has 0 aromatic heterocycles. The fourth-order valence-electron chi connectivity index (χ4n) is 1.81. The molecule has 2 nitrogen and oxygen atoms in total. The third-order valence-corrected chi connectivity index (χ3v) is 3.57. The molecule has 0 bridgehead atoms. The molecule has 14 heavy (non-hydrogen) atoms. The zero-order chi connectivity index (χ0) is 10.4. The van der Waals surface area contributed by atoms with E-state index in [2.05, 4.69) is 18.1 Å². The molecule has 1 amide bonds. The van der Waals surface area contributed by atoms with Crippen molar-refractivity contribution in [3.8, 4) is 0 Å². The first-order chi connectivity index (χ1) is 6.74. The van der Waals surface area contributed by atoms with Gasteiger partial charge in [0.1, 0.15) is 0 Å². The zero-order valence-electron chi connectivity index (χ0n) is 9.29. The summed E-state index contributed by atoms with van der Waals surface area (Å²) in [5.74, 6) is 2.26. The molecule has 1 heterocycles. The van der Waals surface area contributed by atoms with Gasteiger partial charge in [-0.15, -0.1) is 0 Å². The average molecular weight is 215 g/mol. The van der Waals surface area contributed by atoms with Crippen LogP contribution in [-0.4, -0.2) is 35.9 Å². The molecule has 1 rings (SSSR count). The van der Waals surface area contributed by atoms with Crippen LogP contribution < -0.4 is 0 Å². The predicted molar refractivity (Wildman–Crippen MR) is 62.6 cm³/mol. The average Bonchev–Trinajstić information content (AvgIpc) is 2.33. The van der Waals surface area contributed by atoms with Crippen LogP contribution in [0.3, 0.4) is 0 Å². The highest BCUT2D eigenvalue weighted by atomic mass is 32.2. The number of hydrogen-bond donors (Lipinski definition) is 0. The lowest BCUT2D eigenvalue weighted by Gasteiger charge is -2.20. The first-order valence-corrected chi connectivity index (χ1v) is 6.90. The van der Waals surface area contributed by atoms with Crippen molar-refractivity contribution >= 4 is 17.7 Å². The molecule has 1 atom stereocenters. The quantitative estimate of drug-likeness (QED) is 0.671. The number of nitrogens with zero attached hydrogens (tertiary/aromatic N) is 1. The van der Waals surface area contributed by atoms with Gasteiger partial charge in [0.05, 0.1) is 0 Å². The lowest BCUT2D eigenvalue weighted by molar-refractivity contribution is -0.130. The number of carbonyl (C=O) groups is 1. The molecule has 0 N–H and O–H groups in total. The maximum Gasteiger partial charge on any atom is 0.222 e. The Morgan fingerprint density at radius 2 is 2.29 bits per heavy atom. The Kier molecular flexibility index (Phi) is 5.38. The zero-order valence-corrected chi connectivity index (χ0v) is 10.1. The first-order valence-electron chi connectivity index (χ1n) is 5.50. The third-order valence-electron chi connectivity index (χ3n) is 2.87. The molecule has 0 aromatic rings. The van der Waals surface area contributed by atoms with Crippen molar-refractivity contribution in [2.24, 2.45) is 5.92 Å². The molecule has 1 aliphatic heterocycles. The second kappa shape index (κ2) is 6.33. The summed E-state index contributed by atoms with van der Waals surface area (Å²) in [5, 5.41) is 0. The molecule has 1 fully saturated rings. The summed E-state index contributed by atoms with van der Waals surface area (Å²) in [7, 11) is 0. The van der Waals surface area contributed by atoms with Gasteiger partial charge in [-0.05, 0) is 37.2 Å². The fraction of sp³-hybridized carbons (Fsp3) is 0.909. The van der Waals surface area contributed by atoms with E-state index < -0.39 is 0 Å². The van der Waals surface area contributed by atoms with Gasteiger partial charge >= 0.3 is 0 Å². The third kappa shape index (κ3) is 3.91. The Morgan fingerprint density at radius 3 is 3.00 bits per heavy atom. The van der Waals surface area contributed by atoms with Crippen LogP contribution in [0.1, 0.15) is 32.6 Å². The minimum absolute atomic E-state index is 0.371. The van der Waals surface area contributed by atoms with Crippen molar-refractivity contribution in [2.75, 3.05) is 25.1 Å². The van der Waals surface area contributed by atoms with Crippen LogP contribution in [0.25, 0.3) is 0 Å². The maximum absolute atomic E-state index is 11.7. The van der Waals surface area contributed by atoms with Crippen molar-refractivity contribution in [1.82, 2.24) is 4.90 Å². The Bertz CT molecular complexity index is 184. The summed E-state index contributed by atoms with van der Waals surface area (Å²) >= 11 is 1.86. The lowest BCUT2D eigenvalue weighted by atomic mass is 10.0. The topological polar surface area (TPSA) is 20.3 Å². The van der Waals surface area contributed by atoms with Crippen molar-refractivity contribution in [1.29, 1.82) is 0 Å². The standard InChI is InChI=1S/C11H21NOS/c1-10-4-5-11(13)12(8-6-10)7-3-9-14-2/h10H,3-9H2,1-2H3. The molecular formula is C11H21NOS. The minimum atomic E-state index is 0.371. The van der Waals surface area contributed by atoms with Crippen molar-refractivity contribution in [2.45, 2.75) is 32.6 Å². The second-order valence-electron chi connectivity index (χ2n) is 4.16. The Labute approximate surface area is 91.4 Å². The molecule has 1 saturated heterocycles. The van der Waals surface area contributed by atoms with Gasteiger partial charge in [0.15, 0.2) is 0 Å². The number of rotatable bonds is 4. The first kappa shape index (κ1) is 11.9. The summed E-state index contributed by atoms with van der Waals surface area (Å²) in [4.78, 5) is 13.7. The molecule has 0 aromatic carbocycles. The normalized spacial score (nSPS) is 23.7. The van der Waals surface area contributed by atoms with Gasteiger partial charge in [0, 0.05) is 19.5 Å². The molecule has 1 aliphatic rings. The van der Waals surface area contributed by atoms with Crippen LogP contribution >= 0.6 is 11.8 Å². The van der Waals surface area contributed by atoms with Gasteiger partial charge < -0.3 is 4.90 Å². The molecule has 3 heteroatoms. The van der Waals surface area contributed by atoms with E-state index in [4.69, 9.17) is 0 Å². The minimum Gasteiger partial charge on any atom is -0.343 e. The Hall–Kier alpha value is -0.180. The molecule has 0 spiro atoms. The van der Waals surface area contributed by atoms with Gasteiger partial charge in [0.25, 0.3) is 0 Å². The van der Waals surface area contributed by atoms with E-state index in [9.17, 15) is 4.79 Å². The number of thioether (sulfide) groups is 1. The Morgan fingerprint density at radius 1 is 1.50 bits per heavy atom. The maximum atomic E-state index is 11.7. The van der Waals surface area contributed by atoms with Crippen molar-refractivity contribution in [3.05, 3.63) is 0 Å². The molecule has 82 valence electrons. The van der Waals surface area contributed by atoms with E-state index in [1.807, 2.05) is 11.8 Å². The SMILES string of the molecule is CSCCCN1CCC(C)CCC1=O. The molecule has 0 radical (unpaired) electrons. The van der Waals surface area contributed by atoms with Crippen LogP contribution in [-0.2, 0) is 4.79 Å². The highest BCUT2D eigenvalue weighted by Crippen LogP contribution is 2.17. The van der Waals surface area contributed by atoms with Crippen molar-refractivity contribution in [3.63, 3.8) is 0 Å². The number of amides is 1. The van der Waals surface area contributed by atoms with E-state index in [1.54, 1.807) is 0 Å². The fourth-order valence-corrected chi connectivity index (χ4v) is 2.23. The van der Waals surface area contributed by atoms with E-state index in [1.165, 1.54) is 12.2 Å². The monoisotopic (exact) mass is 215 g/mol. The molecule has 0 aliphatic carbocycles. The van der Waals surface area contributed by atoms with Crippen LogP contribution in [0.4, 0.5) is 0 Å². The summed E-state index contributed by atoms with van der Waals surface area (Å²) in [6, 6.07) is 0. The van der Waals surface area contributed by atoms with E-state index in [0.29, 0.717) is 5.91 Å². The van der Waals surface area contributed by atoms with Gasteiger partial charge in [-0.3, -0.25) is 4.79 Å². The van der Waals surface area contributed by atoms with Gasteiger partial charge in [-0.25, -0.2) is 0 Å². The van der Waals surface area contributed by atoms with Gasteiger partial charge in [-0.1, -0.05) is 6.92 Å². The highest BCUT2D eigenvalue weighted by Gasteiger charge is 2.19. The molecule has 0 saturated carbocycles. The van der Waals surface area contributed by atoms with Crippen LogP contribution in [0.2, 0.25) is 0 Å². The van der Waals surface area contributed by atoms with Gasteiger partial charge in [-0.2, -0.15) is 11.8 Å². The Balaban J connectivity index is 2.30. The molecule has 1 unspecified atom stereocenters. The summed E-state index contributed by atoms with van der Waals surface area (Å²) in [6.45, 7) is 4.19. The van der Waals surface area contributed by atoms with Crippen LogP contribution in [0.15, 0.2) is 0 Å². The number of carbonyl (C=O) groups excluding carboxylic acids is 1. The largest absolute Gasteiger partial charge is 0.343 e. The van der Waals surface area contributed by atoms with Crippen LogP contribution in [0.5, 0.6) is 0 Å². The number of likely N-dealkylation sites (tertiary alicyclic amines) is 1.